The van der Waals surface area contributed by atoms with Crippen molar-refractivity contribution in [2.75, 3.05) is 10.5 Å². The number of hydrogen-bond acceptors (Lipinski definition) is 3. The van der Waals surface area contributed by atoms with Gasteiger partial charge >= 0.3 is 0 Å². The van der Waals surface area contributed by atoms with Crippen LogP contribution in [-0.4, -0.2) is 8.42 Å². The minimum atomic E-state index is -4.28. The van der Waals surface area contributed by atoms with Crippen molar-refractivity contribution in [3.8, 4) is 0 Å². The highest BCUT2D eigenvalue weighted by Gasteiger charge is 2.22. The standard InChI is InChI=1S/C13H11BrF2N2O2S/c1-7-4-9(17)6-12(13(7)16)21(19,20)18-11-3-2-8(14)5-10(11)15/h2-6,18H,17H2,1H3. The molecule has 0 saturated heterocycles. The van der Waals surface area contributed by atoms with E-state index in [2.05, 4.69) is 15.9 Å². The molecule has 0 aromatic heterocycles. The van der Waals surface area contributed by atoms with Crippen molar-refractivity contribution in [1.29, 1.82) is 0 Å². The lowest BCUT2D eigenvalue weighted by Gasteiger charge is -2.11. The quantitative estimate of drug-likeness (QED) is 0.806. The molecule has 8 heteroatoms. The van der Waals surface area contributed by atoms with E-state index in [-0.39, 0.29) is 16.9 Å². The molecule has 0 radical (unpaired) electrons. The first-order chi connectivity index (χ1) is 9.70. The van der Waals surface area contributed by atoms with E-state index in [1.165, 1.54) is 25.1 Å². The highest BCUT2D eigenvalue weighted by molar-refractivity contribution is 9.10. The highest BCUT2D eigenvalue weighted by Crippen LogP contribution is 2.26. The number of halogens is 3. The van der Waals surface area contributed by atoms with Gasteiger partial charge in [-0.1, -0.05) is 15.9 Å². The second-order valence-electron chi connectivity index (χ2n) is 4.38. The van der Waals surface area contributed by atoms with Gasteiger partial charge < -0.3 is 5.73 Å². The highest BCUT2D eigenvalue weighted by atomic mass is 79.9. The molecule has 0 unspecified atom stereocenters. The Labute approximate surface area is 129 Å². The van der Waals surface area contributed by atoms with Crippen LogP contribution in [0.2, 0.25) is 0 Å². The van der Waals surface area contributed by atoms with E-state index < -0.39 is 26.6 Å². The van der Waals surface area contributed by atoms with Crippen LogP contribution in [0.3, 0.4) is 0 Å². The molecule has 2 aromatic carbocycles. The monoisotopic (exact) mass is 376 g/mol. The van der Waals surface area contributed by atoms with E-state index >= 15 is 0 Å². The maximum Gasteiger partial charge on any atom is 0.264 e. The van der Waals surface area contributed by atoms with Gasteiger partial charge in [0, 0.05) is 10.2 Å². The molecular weight excluding hydrogens is 366 g/mol. The van der Waals surface area contributed by atoms with Gasteiger partial charge in [-0.05, 0) is 42.8 Å². The second kappa shape index (κ2) is 5.61. The van der Waals surface area contributed by atoms with Crippen molar-refractivity contribution in [3.05, 3.63) is 52.0 Å². The van der Waals surface area contributed by atoms with Gasteiger partial charge in [-0.25, -0.2) is 17.2 Å². The Balaban J connectivity index is 2.48. The number of aryl methyl sites for hydroxylation is 1. The zero-order chi connectivity index (χ0) is 15.8. The SMILES string of the molecule is Cc1cc(N)cc(S(=O)(=O)Nc2ccc(Br)cc2F)c1F. The third kappa shape index (κ3) is 3.33. The summed E-state index contributed by atoms with van der Waals surface area (Å²) in [5.41, 5.74) is 5.44. The molecule has 2 rings (SSSR count). The largest absolute Gasteiger partial charge is 0.399 e. The zero-order valence-electron chi connectivity index (χ0n) is 10.8. The molecule has 21 heavy (non-hydrogen) atoms. The Morgan fingerprint density at radius 1 is 1.19 bits per heavy atom. The summed E-state index contributed by atoms with van der Waals surface area (Å²) < 4.78 is 54.5. The fraction of sp³-hybridized carbons (Fsp3) is 0.0769. The average molecular weight is 377 g/mol. The first kappa shape index (κ1) is 15.7. The molecule has 0 spiro atoms. The van der Waals surface area contributed by atoms with E-state index in [0.29, 0.717) is 4.47 Å². The number of nitrogen functional groups attached to an aromatic ring is 1. The lowest BCUT2D eigenvalue weighted by molar-refractivity contribution is 0.564. The number of anilines is 2. The Hall–Kier alpha value is -1.67. The van der Waals surface area contributed by atoms with Crippen LogP contribution in [0.25, 0.3) is 0 Å². The number of nitrogens with one attached hydrogen (secondary N) is 1. The molecule has 0 atom stereocenters. The fourth-order valence-electron chi connectivity index (χ4n) is 1.73. The normalized spacial score (nSPS) is 11.4. The molecule has 112 valence electrons. The predicted octanol–water partition coefficient (Wildman–Crippen LogP) is 3.42. The minimum Gasteiger partial charge on any atom is -0.399 e. The lowest BCUT2D eigenvalue weighted by Crippen LogP contribution is -2.16. The van der Waals surface area contributed by atoms with Gasteiger partial charge in [0.05, 0.1) is 5.69 Å². The van der Waals surface area contributed by atoms with Gasteiger partial charge in [0.15, 0.2) is 0 Å². The van der Waals surface area contributed by atoms with E-state index in [1.807, 2.05) is 4.72 Å². The summed E-state index contributed by atoms with van der Waals surface area (Å²) >= 11 is 3.06. The lowest BCUT2D eigenvalue weighted by atomic mass is 10.2. The van der Waals surface area contributed by atoms with E-state index in [4.69, 9.17) is 5.73 Å². The third-order valence-electron chi connectivity index (χ3n) is 2.71. The Morgan fingerprint density at radius 3 is 2.48 bits per heavy atom. The van der Waals surface area contributed by atoms with Crippen LogP contribution in [0.1, 0.15) is 5.56 Å². The van der Waals surface area contributed by atoms with Crippen molar-refractivity contribution in [3.63, 3.8) is 0 Å². The average Bonchev–Trinajstić information content (AvgIpc) is 2.37. The summed E-state index contributed by atoms with van der Waals surface area (Å²) in [5, 5.41) is 0. The summed E-state index contributed by atoms with van der Waals surface area (Å²) in [7, 11) is -4.28. The fourth-order valence-corrected chi connectivity index (χ4v) is 3.32. The van der Waals surface area contributed by atoms with Crippen molar-refractivity contribution in [2.24, 2.45) is 0 Å². The Kier molecular flexibility index (Phi) is 4.20. The zero-order valence-corrected chi connectivity index (χ0v) is 13.2. The maximum atomic E-state index is 14.0. The minimum absolute atomic E-state index is 0.0895. The van der Waals surface area contributed by atoms with Crippen LogP contribution in [-0.2, 0) is 10.0 Å². The van der Waals surface area contributed by atoms with Crippen molar-refractivity contribution >= 4 is 37.3 Å². The van der Waals surface area contributed by atoms with Crippen molar-refractivity contribution < 1.29 is 17.2 Å². The molecule has 0 saturated carbocycles. The summed E-state index contributed by atoms with van der Waals surface area (Å²) in [6.45, 7) is 1.39. The van der Waals surface area contributed by atoms with Gasteiger partial charge in [0.2, 0.25) is 0 Å². The van der Waals surface area contributed by atoms with Crippen LogP contribution in [0, 0.1) is 18.6 Å². The Bertz CT molecular complexity index is 810. The molecular formula is C13H11BrF2N2O2S. The predicted molar refractivity (Wildman–Crippen MR) is 80.5 cm³/mol. The van der Waals surface area contributed by atoms with Crippen LogP contribution in [0.4, 0.5) is 20.2 Å². The van der Waals surface area contributed by atoms with Gasteiger partial charge in [-0.3, -0.25) is 4.72 Å². The summed E-state index contributed by atoms with van der Waals surface area (Å²) in [5.74, 6) is -1.71. The van der Waals surface area contributed by atoms with Gasteiger partial charge in [-0.2, -0.15) is 0 Å². The van der Waals surface area contributed by atoms with Crippen molar-refractivity contribution in [2.45, 2.75) is 11.8 Å². The van der Waals surface area contributed by atoms with Gasteiger partial charge in [0.1, 0.15) is 16.5 Å². The van der Waals surface area contributed by atoms with Crippen LogP contribution in [0.15, 0.2) is 39.7 Å². The number of sulfonamides is 1. The molecule has 0 amide bonds. The topological polar surface area (TPSA) is 72.2 Å². The summed E-state index contributed by atoms with van der Waals surface area (Å²) in [6.07, 6.45) is 0. The molecule has 4 nitrogen and oxygen atoms in total. The Morgan fingerprint density at radius 2 is 1.86 bits per heavy atom. The van der Waals surface area contributed by atoms with Crippen LogP contribution >= 0.6 is 15.9 Å². The molecule has 0 heterocycles. The maximum absolute atomic E-state index is 14.0. The first-order valence-corrected chi connectivity index (χ1v) is 8.02. The number of rotatable bonds is 3. The molecule has 0 aliphatic rings. The third-order valence-corrected chi connectivity index (χ3v) is 4.57. The molecule has 0 aliphatic heterocycles. The molecule has 3 N–H and O–H groups in total. The molecule has 0 fully saturated rings. The molecule has 2 aromatic rings. The molecule has 0 aliphatic carbocycles. The van der Waals surface area contributed by atoms with Crippen molar-refractivity contribution in [1.82, 2.24) is 0 Å². The van der Waals surface area contributed by atoms with Gasteiger partial charge in [-0.15, -0.1) is 0 Å². The van der Waals surface area contributed by atoms with E-state index in [1.54, 1.807) is 0 Å². The van der Waals surface area contributed by atoms with Crippen LogP contribution < -0.4 is 10.5 Å². The van der Waals surface area contributed by atoms with Gasteiger partial charge in [0.25, 0.3) is 10.0 Å². The number of benzene rings is 2. The molecule has 0 bridgehead atoms. The second-order valence-corrected chi connectivity index (χ2v) is 6.95. The summed E-state index contributed by atoms with van der Waals surface area (Å²) in [6, 6.07) is 6.09. The van der Waals surface area contributed by atoms with E-state index in [9.17, 15) is 17.2 Å². The van der Waals surface area contributed by atoms with E-state index in [0.717, 1.165) is 12.1 Å². The number of hydrogen-bond donors (Lipinski definition) is 2. The summed E-state index contributed by atoms with van der Waals surface area (Å²) in [4.78, 5) is -0.623. The van der Waals surface area contributed by atoms with Crippen LogP contribution in [0.5, 0.6) is 0 Å². The first-order valence-electron chi connectivity index (χ1n) is 5.74. The smallest absolute Gasteiger partial charge is 0.264 e. The number of nitrogens with two attached hydrogens (primary N) is 1.